The van der Waals surface area contributed by atoms with Gasteiger partial charge in [-0.3, -0.25) is 0 Å². The number of nitrogens with zero attached hydrogens (tertiary/aromatic N) is 1. The van der Waals surface area contributed by atoms with Crippen LogP contribution in [0.5, 0.6) is 5.75 Å². The van der Waals surface area contributed by atoms with E-state index in [1.807, 2.05) is 6.92 Å². The van der Waals surface area contributed by atoms with Crippen LogP contribution in [-0.4, -0.2) is 39.0 Å². The topological polar surface area (TPSA) is 72.6 Å². The van der Waals surface area contributed by atoms with E-state index in [1.54, 1.807) is 29.6 Å². The maximum Gasteiger partial charge on any atom is 0.244 e. The van der Waals surface area contributed by atoms with Crippen molar-refractivity contribution in [2.24, 2.45) is 11.7 Å². The highest BCUT2D eigenvalue weighted by Gasteiger charge is 2.31. The van der Waals surface area contributed by atoms with E-state index >= 15 is 0 Å². The van der Waals surface area contributed by atoms with Crippen LogP contribution in [0.15, 0.2) is 27.6 Å². The average molecular weight is 414 g/mol. The summed E-state index contributed by atoms with van der Waals surface area (Å²) < 4.78 is 32.6. The lowest BCUT2D eigenvalue weighted by atomic mass is 9.92. The van der Waals surface area contributed by atoms with Gasteiger partial charge in [-0.15, -0.1) is 12.4 Å². The fraction of sp³-hybridized carbons (Fsp3) is 0.571. The molecule has 0 aliphatic carbocycles. The third-order valence-electron chi connectivity index (χ3n) is 4.00. The summed E-state index contributed by atoms with van der Waals surface area (Å²) in [6, 6.07) is 5.02. The number of hydrogen-bond acceptors (Lipinski definition) is 4. The first-order chi connectivity index (χ1) is 9.86. The molecular formula is C14H22BrClN2O3S. The van der Waals surface area contributed by atoms with Gasteiger partial charge in [-0.25, -0.2) is 8.42 Å². The Morgan fingerprint density at radius 1 is 1.36 bits per heavy atom. The Morgan fingerprint density at radius 3 is 2.41 bits per heavy atom. The molecule has 2 N–H and O–H groups in total. The summed E-state index contributed by atoms with van der Waals surface area (Å²) in [5.41, 5.74) is 5.90. The Hall–Kier alpha value is -0.340. The van der Waals surface area contributed by atoms with Crippen LogP contribution in [0.25, 0.3) is 0 Å². The van der Waals surface area contributed by atoms with Crippen molar-refractivity contribution in [3.05, 3.63) is 22.7 Å². The van der Waals surface area contributed by atoms with Gasteiger partial charge in [0.1, 0.15) is 5.75 Å². The molecule has 1 aliphatic rings. The van der Waals surface area contributed by atoms with Crippen LogP contribution in [0.4, 0.5) is 0 Å². The van der Waals surface area contributed by atoms with Crippen molar-refractivity contribution < 1.29 is 13.2 Å². The van der Waals surface area contributed by atoms with E-state index in [0.717, 1.165) is 12.8 Å². The molecule has 8 heteroatoms. The molecule has 0 aromatic heterocycles. The number of hydrogen-bond donors (Lipinski definition) is 1. The predicted octanol–water partition coefficient (Wildman–Crippen LogP) is 2.63. The fourth-order valence-corrected chi connectivity index (χ4v) is 5.09. The van der Waals surface area contributed by atoms with Crippen LogP contribution < -0.4 is 10.5 Å². The van der Waals surface area contributed by atoms with E-state index in [2.05, 4.69) is 15.9 Å². The summed E-state index contributed by atoms with van der Waals surface area (Å²) in [6.07, 6.45) is 1.62. The number of methoxy groups -OCH3 is 1. The SMILES string of the molecule is COc1ccc(S(=O)(=O)N2CCC(C(C)N)CC2)c(Br)c1.Cl. The molecule has 1 aromatic carbocycles. The first kappa shape index (κ1) is 19.7. The van der Waals surface area contributed by atoms with Crippen LogP contribution in [0.1, 0.15) is 19.8 Å². The average Bonchev–Trinajstić information content (AvgIpc) is 2.46. The van der Waals surface area contributed by atoms with Crippen LogP contribution in [0.2, 0.25) is 0 Å². The summed E-state index contributed by atoms with van der Waals surface area (Å²) in [5.74, 6) is 1.02. The maximum atomic E-state index is 12.7. The lowest BCUT2D eigenvalue weighted by molar-refractivity contribution is 0.250. The summed E-state index contributed by atoms with van der Waals surface area (Å²) >= 11 is 3.32. The zero-order chi connectivity index (χ0) is 15.6. The molecule has 0 spiro atoms. The molecule has 5 nitrogen and oxygen atoms in total. The second-order valence-electron chi connectivity index (χ2n) is 5.40. The Kier molecular flexibility index (Phi) is 7.14. The van der Waals surface area contributed by atoms with Gasteiger partial charge in [-0.05, 0) is 59.8 Å². The number of nitrogens with two attached hydrogens (primary N) is 1. The zero-order valence-corrected chi connectivity index (χ0v) is 15.9. The van der Waals surface area contributed by atoms with Gasteiger partial charge in [0, 0.05) is 23.6 Å². The molecule has 0 amide bonds. The number of ether oxygens (including phenoxy) is 1. The normalized spacial score (nSPS) is 18.5. The molecule has 1 atom stereocenters. The molecule has 1 saturated heterocycles. The van der Waals surface area contributed by atoms with Crippen molar-refractivity contribution in [3.8, 4) is 5.75 Å². The van der Waals surface area contributed by atoms with E-state index in [9.17, 15) is 8.42 Å². The lowest BCUT2D eigenvalue weighted by Crippen LogP contribution is -2.42. The molecule has 22 heavy (non-hydrogen) atoms. The standard InChI is InChI=1S/C14H21BrN2O3S.ClH/c1-10(16)11-5-7-17(8-6-11)21(18,19)14-4-3-12(20-2)9-13(14)15;/h3-4,9-11H,5-8,16H2,1-2H3;1H. The number of halogens is 2. The lowest BCUT2D eigenvalue weighted by Gasteiger charge is -2.33. The first-order valence-corrected chi connectivity index (χ1v) is 9.19. The first-order valence-electron chi connectivity index (χ1n) is 6.95. The molecule has 126 valence electrons. The largest absolute Gasteiger partial charge is 0.497 e. The second kappa shape index (κ2) is 7.97. The molecule has 1 aliphatic heterocycles. The summed E-state index contributed by atoms with van der Waals surface area (Å²) in [4.78, 5) is 0.280. The molecule has 1 heterocycles. The van der Waals surface area contributed by atoms with Crippen LogP contribution in [-0.2, 0) is 10.0 Å². The van der Waals surface area contributed by atoms with Gasteiger partial charge in [0.2, 0.25) is 10.0 Å². The smallest absolute Gasteiger partial charge is 0.244 e. The summed E-state index contributed by atoms with van der Waals surface area (Å²) in [6.45, 7) is 3.02. The van der Waals surface area contributed by atoms with Gasteiger partial charge in [0.05, 0.1) is 12.0 Å². The predicted molar refractivity (Wildman–Crippen MR) is 93.1 cm³/mol. The van der Waals surface area contributed by atoms with Gasteiger partial charge in [0.15, 0.2) is 0 Å². The Bertz CT molecular complexity index is 602. The maximum absolute atomic E-state index is 12.7. The van der Waals surface area contributed by atoms with Crippen LogP contribution in [0, 0.1) is 5.92 Å². The summed E-state index contributed by atoms with van der Waals surface area (Å²) in [5, 5.41) is 0. The van der Waals surface area contributed by atoms with Crippen molar-refractivity contribution in [1.29, 1.82) is 0 Å². The van der Waals surface area contributed by atoms with Crippen molar-refractivity contribution in [2.45, 2.75) is 30.7 Å². The van der Waals surface area contributed by atoms with Crippen molar-refractivity contribution in [3.63, 3.8) is 0 Å². The Labute approximate surface area is 146 Å². The van der Waals surface area contributed by atoms with E-state index < -0.39 is 10.0 Å². The van der Waals surface area contributed by atoms with Crippen LogP contribution >= 0.6 is 28.3 Å². The van der Waals surface area contributed by atoms with Gasteiger partial charge >= 0.3 is 0 Å². The van der Waals surface area contributed by atoms with Gasteiger partial charge in [-0.1, -0.05) is 0 Å². The zero-order valence-electron chi connectivity index (χ0n) is 12.7. The second-order valence-corrected chi connectivity index (χ2v) is 8.16. The number of piperidine rings is 1. The minimum Gasteiger partial charge on any atom is -0.497 e. The van der Waals surface area contributed by atoms with E-state index in [1.165, 1.54) is 0 Å². The van der Waals surface area contributed by atoms with E-state index in [4.69, 9.17) is 10.5 Å². The molecule has 0 radical (unpaired) electrons. The monoisotopic (exact) mass is 412 g/mol. The Balaban J connectivity index is 0.00000242. The minimum absolute atomic E-state index is 0. The van der Waals surface area contributed by atoms with Gasteiger partial charge in [-0.2, -0.15) is 4.31 Å². The third kappa shape index (κ3) is 4.14. The van der Waals surface area contributed by atoms with Gasteiger partial charge in [0.25, 0.3) is 0 Å². The van der Waals surface area contributed by atoms with Crippen LogP contribution in [0.3, 0.4) is 0 Å². The van der Waals surface area contributed by atoms with Crippen molar-refractivity contribution in [2.75, 3.05) is 20.2 Å². The highest BCUT2D eigenvalue weighted by molar-refractivity contribution is 9.10. The highest BCUT2D eigenvalue weighted by atomic mass is 79.9. The fourth-order valence-electron chi connectivity index (χ4n) is 2.60. The van der Waals surface area contributed by atoms with E-state index in [0.29, 0.717) is 29.2 Å². The molecule has 1 aromatic rings. The number of sulfonamides is 1. The van der Waals surface area contributed by atoms with Crippen molar-refractivity contribution in [1.82, 2.24) is 4.31 Å². The molecule has 0 bridgehead atoms. The third-order valence-corrected chi connectivity index (χ3v) is 6.87. The molecule has 2 rings (SSSR count). The van der Waals surface area contributed by atoms with Crippen molar-refractivity contribution >= 4 is 38.4 Å². The number of benzene rings is 1. The van der Waals surface area contributed by atoms with E-state index in [-0.39, 0.29) is 23.3 Å². The molecule has 1 fully saturated rings. The van der Waals surface area contributed by atoms with Gasteiger partial charge < -0.3 is 10.5 Å². The quantitative estimate of drug-likeness (QED) is 0.823. The Morgan fingerprint density at radius 2 is 1.95 bits per heavy atom. The summed E-state index contributed by atoms with van der Waals surface area (Å²) in [7, 11) is -1.93. The molecule has 0 saturated carbocycles. The minimum atomic E-state index is -3.48. The number of rotatable bonds is 4. The molecule has 1 unspecified atom stereocenters. The highest BCUT2D eigenvalue weighted by Crippen LogP contribution is 2.31. The molecular weight excluding hydrogens is 392 g/mol.